The standard InChI is InChI=1S/C17H16ClFO/c1-10(2)12-5-4-6-13(9-12)15-8-7-14(11(3)20)17(19)16(15)18/h4-10H,1-3H3. The van der Waals surface area contributed by atoms with Crippen molar-refractivity contribution in [1.82, 2.24) is 0 Å². The molecule has 104 valence electrons. The Morgan fingerprint density at radius 3 is 2.50 bits per heavy atom. The molecule has 0 aliphatic heterocycles. The molecule has 0 radical (unpaired) electrons. The van der Waals surface area contributed by atoms with Crippen molar-refractivity contribution in [1.29, 1.82) is 0 Å². The minimum absolute atomic E-state index is 0.00129. The lowest BCUT2D eigenvalue weighted by Gasteiger charge is -2.11. The number of rotatable bonds is 3. The van der Waals surface area contributed by atoms with Crippen molar-refractivity contribution in [3.63, 3.8) is 0 Å². The van der Waals surface area contributed by atoms with E-state index >= 15 is 0 Å². The van der Waals surface area contributed by atoms with E-state index in [-0.39, 0.29) is 16.4 Å². The molecule has 2 aromatic rings. The Bertz CT molecular complexity index is 662. The molecule has 1 nitrogen and oxygen atoms in total. The van der Waals surface area contributed by atoms with Gasteiger partial charge < -0.3 is 0 Å². The van der Waals surface area contributed by atoms with Crippen LogP contribution in [0.25, 0.3) is 11.1 Å². The van der Waals surface area contributed by atoms with Crippen LogP contribution in [-0.2, 0) is 0 Å². The van der Waals surface area contributed by atoms with Crippen molar-refractivity contribution in [2.45, 2.75) is 26.7 Å². The van der Waals surface area contributed by atoms with Gasteiger partial charge in [0.15, 0.2) is 11.6 Å². The summed E-state index contributed by atoms with van der Waals surface area (Å²) in [5.41, 5.74) is 2.65. The maximum atomic E-state index is 14.1. The smallest absolute Gasteiger partial charge is 0.162 e. The van der Waals surface area contributed by atoms with Crippen molar-refractivity contribution in [3.8, 4) is 11.1 Å². The molecule has 2 rings (SSSR count). The first-order valence-electron chi connectivity index (χ1n) is 6.51. The van der Waals surface area contributed by atoms with E-state index in [0.717, 1.165) is 11.1 Å². The summed E-state index contributed by atoms with van der Waals surface area (Å²) in [7, 11) is 0. The summed E-state index contributed by atoms with van der Waals surface area (Å²) in [5.74, 6) is -0.589. The molecule has 0 unspecified atom stereocenters. The van der Waals surface area contributed by atoms with Gasteiger partial charge in [0.25, 0.3) is 0 Å². The van der Waals surface area contributed by atoms with Gasteiger partial charge in [-0.3, -0.25) is 4.79 Å². The number of ketones is 1. The molecule has 0 heterocycles. The third-order valence-corrected chi connectivity index (χ3v) is 3.70. The first-order valence-corrected chi connectivity index (χ1v) is 6.89. The Morgan fingerprint density at radius 1 is 1.20 bits per heavy atom. The summed E-state index contributed by atoms with van der Waals surface area (Å²) in [4.78, 5) is 11.3. The molecule has 0 amide bonds. The van der Waals surface area contributed by atoms with Gasteiger partial charge in [0.1, 0.15) is 0 Å². The van der Waals surface area contributed by atoms with Crippen LogP contribution in [0.5, 0.6) is 0 Å². The second-order valence-electron chi connectivity index (χ2n) is 5.12. The molecule has 0 N–H and O–H groups in total. The molecule has 2 aromatic carbocycles. The fourth-order valence-corrected chi connectivity index (χ4v) is 2.38. The van der Waals surface area contributed by atoms with E-state index in [4.69, 9.17) is 11.6 Å². The van der Waals surface area contributed by atoms with E-state index in [1.807, 2.05) is 24.3 Å². The molecular formula is C17H16ClFO. The van der Waals surface area contributed by atoms with Crippen LogP contribution in [0.3, 0.4) is 0 Å². The van der Waals surface area contributed by atoms with Crippen LogP contribution in [0.1, 0.15) is 42.6 Å². The number of hydrogen-bond donors (Lipinski definition) is 0. The van der Waals surface area contributed by atoms with Crippen LogP contribution >= 0.6 is 11.6 Å². The van der Waals surface area contributed by atoms with Gasteiger partial charge >= 0.3 is 0 Å². The number of carbonyl (C=O) groups is 1. The first-order chi connectivity index (χ1) is 9.41. The Kier molecular flexibility index (Phi) is 4.24. The van der Waals surface area contributed by atoms with Crippen LogP contribution in [0.2, 0.25) is 5.02 Å². The van der Waals surface area contributed by atoms with E-state index in [0.29, 0.717) is 11.5 Å². The number of carbonyl (C=O) groups excluding carboxylic acids is 1. The van der Waals surface area contributed by atoms with Gasteiger partial charge in [0.05, 0.1) is 10.6 Å². The molecule has 0 fully saturated rings. The van der Waals surface area contributed by atoms with Gasteiger partial charge in [0, 0.05) is 5.56 Å². The Balaban J connectivity index is 2.56. The zero-order valence-corrected chi connectivity index (χ0v) is 12.5. The Hall–Kier alpha value is -1.67. The van der Waals surface area contributed by atoms with Gasteiger partial charge in [-0.25, -0.2) is 4.39 Å². The van der Waals surface area contributed by atoms with Crippen molar-refractivity contribution >= 4 is 17.4 Å². The third kappa shape index (κ3) is 2.75. The zero-order chi connectivity index (χ0) is 14.9. The van der Waals surface area contributed by atoms with Crippen molar-refractivity contribution in [2.75, 3.05) is 0 Å². The van der Waals surface area contributed by atoms with Crippen molar-refractivity contribution < 1.29 is 9.18 Å². The van der Waals surface area contributed by atoms with Gasteiger partial charge in [-0.2, -0.15) is 0 Å². The largest absolute Gasteiger partial charge is 0.294 e. The van der Waals surface area contributed by atoms with E-state index in [1.165, 1.54) is 13.0 Å². The average molecular weight is 291 g/mol. The zero-order valence-electron chi connectivity index (χ0n) is 11.7. The Labute approximate surface area is 123 Å². The predicted octanol–water partition coefficient (Wildman–Crippen LogP) is 5.47. The van der Waals surface area contributed by atoms with E-state index in [2.05, 4.69) is 13.8 Å². The fourth-order valence-electron chi connectivity index (χ4n) is 2.11. The summed E-state index contributed by atoms with van der Waals surface area (Å²) in [6.07, 6.45) is 0. The summed E-state index contributed by atoms with van der Waals surface area (Å²) in [6.45, 7) is 5.52. The van der Waals surface area contributed by atoms with Gasteiger partial charge in [-0.15, -0.1) is 0 Å². The molecule has 0 aliphatic carbocycles. The Morgan fingerprint density at radius 2 is 1.90 bits per heavy atom. The maximum absolute atomic E-state index is 14.1. The topological polar surface area (TPSA) is 17.1 Å². The SMILES string of the molecule is CC(=O)c1ccc(-c2cccc(C(C)C)c2)c(Cl)c1F. The quantitative estimate of drug-likeness (QED) is 0.685. The molecule has 0 aliphatic rings. The molecule has 0 saturated carbocycles. The second-order valence-corrected chi connectivity index (χ2v) is 5.50. The molecule has 0 spiro atoms. The highest BCUT2D eigenvalue weighted by molar-refractivity contribution is 6.33. The van der Waals surface area contributed by atoms with Crippen LogP contribution in [0.15, 0.2) is 36.4 Å². The van der Waals surface area contributed by atoms with Crippen LogP contribution in [0, 0.1) is 5.82 Å². The number of hydrogen-bond acceptors (Lipinski definition) is 1. The molecule has 20 heavy (non-hydrogen) atoms. The van der Waals surface area contributed by atoms with Crippen molar-refractivity contribution in [3.05, 3.63) is 58.4 Å². The summed E-state index contributed by atoms with van der Waals surface area (Å²) < 4.78 is 14.1. The van der Waals surface area contributed by atoms with Gasteiger partial charge in [-0.1, -0.05) is 55.8 Å². The predicted molar refractivity (Wildman–Crippen MR) is 80.9 cm³/mol. The monoisotopic (exact) mass is 290 g/mol. The molecular weight excluding hydrogens is 275 g/mol. The summed E-state index contributed by atoms with van der Waals surface area (Å²) in [6, 6.07) is 11.0. The summed E-state index contributed by atoms with van der Waals surface area (Å²) in [5, 5.41) is -0.00129. The molecule has 0 aromatic heterocycles. The number of Topliss-reactive ketones (excluding diaryl/α,β-unsaturated/α-hetero) is 1. The van der Waals surface area contributed by atoms with Crippen LogP contribution in [-0.4, -0.2) is 5.78 Å². The highest BCUT2D eigenvalue weighted by atomic mass is 35.5. The fraction of sp³-hybridized carbons (Fsp3) is 0.235. The first kappa shape index (κ1) is 14.7. The highest BCUT2D eigenvalue weighted by Gasteiger charge is 2.15. The lowest BCUT2D eigenvalue weighted by Crippen LogP contribution is -1.99. The number of halogens is 2. The number of benzene rings is 2. The molecule has 0 saturated heterocycles. The van der Waals surface area contributed by atoms with Crippen molar-refractivity contribution in [2.24, 2.45) is 0 Å². The lowest BCUT2D eigenvalue weighted by molar-refractivity contribution is 0.101. The molecule has 0 bridgehead atoms. The van der Waals surface area contributed by atoms with Crippen LogP contribution < -0.4 is 0 Å². The second kappa shape index (κ2) is 5.76. The van der Waals surface area contributed by atoms with Gasteiger partial charge in [0.2, 0.25) is 0 Å². The minimum atomic E-state index is -0.647. The lowest BCUT2D eigenvalue weighted by atomic mass is 9.96. The van der Waals surface area contributed by atoms with E-state index < -0.39 is 5.82 Å². The summed E-state index contributed by atoms with van der Waals surface area (Å²) >= 11 is 6.08. The molecule has 3 heteroatoms. The van der Waals surface area contributed by atoms with Crippen LogP contribution in [0.4, 0.5) is 4.39 Å². The third-order valence-electron chi connectivity index (χ3n) is 3.33. The average Bonchev–Trinajstić information content (AvgIpc) is 2.41. The highest BCUT2D eigenvalue weighted by Crippen LogP contribution is 2.33. The van der Waals surface area contributed by atoms with E-state index in [1.54, 1.807) is 6.07 Å². The minimum Gasteiger partial charge on any atom is -0.294 e. The van der Waals surface area contributed by atoms with E-state index in [9.17, 15) is 9.18 Å². The van der Waals surface area contributed by atoms with Gasteiger partial charge in [-0.05, 0) is 30.0 Å². The maximum Gasteiger partial charge on any atom is 0.162 e. The normalized spacial score (nSPS) is 10.9. The molecule has 0 atom stereocenters.